The number of hydrogen-bond donors (Lipinski definition) is 2. The van der Waals surface area contributed by atoms with Crippen LogP contribution < -0.4 is 5.48 Å². The summed E-state index contributed by atoms with van der Waals surface area (Å²) in [5, 5.41) is 8.98. The number of carbonyl (C=O) groups is 1. The Bertz CT molecular complexity index is 575. The number of hydroxylamine groups is 1. The van der Waals surface area contributed by atoms with Gasteiger partial charge < -0.3 is 0 Å². The van der Waals surface area contributed by atoms with Gasteiger partial charge in [0.05, 0.1) is 4.90 Å². The van der Waals surface area contributed by atoms with Crippen LogP contribution in [0.25, 0.3) is 0 Å². The van der Waals surface area contributed by atoms with E-state index in [0.29, 0.717) is 18.0 Å². The van der Waals surface area contributed by atoms with Gasteiger partial charge >= 0.3 is 0 Å². The molecule has 124 valence electrons. The summed E-state index contributed by atoms with van der Waals surface area (Å²) in [6.07, 6.45) is 2.48. The number of rotatable bonds is 9. The molecular formula is C14H21ClN2O4S. The lowest BCUT2D eigenvalue weighted by Crippen LogP contribution is -2.35. The van der Waals surface area contributed by atoms with Crippen molar-refractivity contribution in [2.75, 3.05) is 13.1 Å². The van der Waals surface area contributed by atoms with Crippen molar-refractivity contribution < 1.29 is 18.4 Å². The molecule has 0 saturated heterocycles. The zero-order valence-corrected chi connectivity index (χ0v) is 14.0. The third kappa shape index (κ3) is 5.57. The van der Waals surface area contributed by atoms with Crippen LogP contribution in [-0.2, 0) is 14.8 Å². The van der Waals surface area contributed by atoms with Crippen LogP contribution in [0, 0.1) is 0 Å². The van der Waals surface area contributed by atoms with Crippen molar-refractivity contribution in [2.45, 2.75) is 37.5 Å². The predicted octanol–water partition coefficient (Wildman–Crippen LogP) is 2.42. The van der Waals surface area contributed by atoms with Gasteiger partial charge in [-0.05, 0) is 30.7 Å². The summed E-state index contributed by atoms with van der Waals surface area (Å²) in [7, 11) is -3.69. The van der Waals surface area contributed by atoms with Gasteiger partial charge in [0.1, 0.15) is 0 Å². The van der Waals surface area contributed by atoms with Crippen molar-refractivity contribution in [1.82, 2.24) is 9.79 Å². The van der Waals surface area contributed by atoms with Gasteiger partial charge in [-0.2, -0.15) is 4.31 Å². The topological polar surface area (TPSA) is 86.7 Å². The molecule has 0 bridgehead atoms. The van der Waals surface area contributed by atoms with Gasteiger partial charge in [-0.25, -0.2) is 13.9 Å². The van der Waals surface area contributed by atoms with Gasteiger partial charge in [-0.15, -0.1) is 0 Å². The number of sulfonamides is 1. The summed E-state index contributed by atoms with van der Waals surface area (Å²) < 4.78 is 26.5. The third-order valence-corrected chi connectivity index (χ3v) is 5.34. The minimum absolute atomic E-state index is 0.0149. The highest BCUT2D eigenvalue weighted by Crippen LogP contribution is 2.19. The lowest BCUT2D eigenvalue weighted by atomic mass is 10.2. The molecule has 1 aromatic carbocycles. The molecule has 1 amide bonds. The highest BCUT2D eigenvalue weighted by molar-refractivity contribution is 7.89. The second-order valence-corrected chi connectivity index (χ2v) is 7.22. The lowest BCUT2D eigenvalue weighted by molar-refractivity contribution is -0.129. The van der Waals surface area contributed by atoms with Crippen LogP contribution in [-0.4, -0.2) is 36.9 Å². The van der Waals surface area contributed by atoms with Gasteiger partial charge in [-0.3, -0.25) is 10.0 Å². The molecule has 0 spiro atoms. The molecule has 1 rings (SSSR count). The molecule has 0 saturated carbocycles. The maximum Gasteiger partial charge on any atom is 0.244 e. The second kappa shape index (κ2) is 9.09. The Morgan fingerprint density at radius 1 is 1.23 bits per heavy atom. The average molecular weight is 349 g/mol. The van der Waals surface area contributed by atoms with E-state index in [2.05, 4.69) is 0 Å². The Hall–Kier alpha value is -1.15. The van der Waals surface area contributed by atoms with Crippen molar-refractivity contribution in [3.8, 4) is 0 Å². The molecule has 8 heteroatoms. The van der Waals surface area contributed by atoms with Gasteiger partial charge in [0.15, 0.2) is 0 Å². The molecule has 0 radical (unpaired) electrons. The Labute approximate surface area is 136 Å². The number of benzene rings is 1. The molecule has 6 nitrogen and oxygen atoms in total. The first-order chi connectivity index (χ1) is 10.4. The number of hydrogen-bond acceptors (Lipinski definition) is 4. The zero-order valence-electron chi connectivity index (χ0n) is 12.5. The number of unbranched alkanes of at least 4 members (excludes halogenated alkanes) is 2. The molecule has 1 aromatic rings. The van der Waals surface area contributed by atoms with Gasteiger partial charge in [0, 0.05) is 24.5 Å². The number of carbonyl (C=O) groups excluding carboxylic acids is 1. The SMILES string of the molecule is CCCCCN(CCC(=O)NO)S(=O)(=O)c1ccc(Cl)cc1. The summed E-state index contributed by atoms with van der Waals surface area (Å²) in [4.78, 5) is 11.3. The molecule has 2 N–H and O–H groups in total. The van der Waals surface area contributed by atoms with Crippen LogP contribution in [0.3, 0.4) is 0 Å². The first-order valence-electron chi connectivity index (χ1n) is 7.10. The fourth-order valence-electron chi connectivity index (χ4n) is 1.93. The molecule has 0 heterocycles. The van der Waals surface area contributed by atoms with Gasteiger partial charge in [0.25, 0.3) is 0 Å². The number of nitrogens with one attached hydrogen (secondary N) is 1. The van der Waals surface area contributed by atoms with E-state index in [4.69, 9.17) is 16.8 Å². The fraction of sp³-hybridized carbons (Fsp3) is 0.500. The Morgan fingerprint density at radius 3 is 2.41 bits per heavy atom. The van der Waals surface area contributed by atoms with Crippen LogP contribution >= 0.6 is 11.6 Å². The molecule has 0 atom stereocenters. The van der Waals surface area contributed by atoms with E-state index in [0.717, 1.165) is 12.8 Å². The maximum absolute atomic E-state index is 12.6. The summed E-state index contributed by atoms with van der Waals surface area (Å²) in [5.74, 6) is -0.619. The fourth-order valence-corrected chi connectivity index (χ4v) is 3.53. The minimum Gasteiger partial charge on any atom is -0.289 e. The van der Waals surface area contributed by atoms with E-state index in [1.54, 1.807) is 0 Å². The van der Waals surface area contributed by atoms with E-state index in [1.807, 2.05) is 6.92 Å². The smallest absolute Gasteiger partial charge is 0.244 e. The second-order valence-electron chi connectivity index (χ2n) is 4.85. The summed E-state index contributed by atoms with van der Waals surface area (Å²) >= 11 is 5.78. The van der Waals surface area contributed by atoms with Crippen molar-refractivity contribution in [1.29, 1.82) is 0 Å². The van der Waals surface area contributed by atoms with E-state index >= 15 is 0 Å². The summed E-state index contributed by atoms with van der Waals surface area (Å²) in [6, 6.07) is 5.91. The largest absolute Gasteiger partial charge is 0.289 e. The van der Waals surface area contributed by atoms with Crippen molar-refractivity contribution >= 4 is 27.5 Å². The molecule has 22 heavy (non-hydrogen) atoms. The van der Waals surface area contributed by atoms with Crippen LogP contribution in [0.4, 0.5) is 0 Å². The van der Waals surface area contributed by atoms with E-state index in [9.17, 15) is 13.2 Å². The van der Waals surface area contributed by atoms with Crippen LogP contribution in [0.1, 0.15) is 32.6 Å². The monoisotopic (exact) mass is 348 g/mol. The lowest BCUT2D eigenvalue weighted by Gasteiger charge is -2.22. The highest BCUT2D eigenvalue weighted by Gasteiger charge is 2.24. The van der Waals surface area contributed by atoms with Crippen molar-refractivity contribution in [3.63, 3.8) is 0 Å². The first-order valence-corrected chi connectivity index (χ1v) is 8.92. The number of amides is 1. The van der Waals surface area contributed by atoms with E-state index in [1.165, 1.54) is 34.1 Å². The molecule has 0 fully saturated rings. The average Bonchev–Trinajstić information content (AvgIpc) is 2.50. The summed E-state index contributed by atoms with van der Waals surface area (Å²) in [6.45, 7) is 2.37. The molecular weight excluding hydrogens is 328 g/mol. The highest BCUT2D eigenvalue weighted by atomic mass is 35.5. The number of halogens is 1. The van der Waals surface area contributed by atoms with Crippen LogP contribution in [0.5, 0.6) is 0 Å². The van der Waals surface area contributed by atoms with E-state index < -0.39 is 15.9 Å². The predicted molar refractivity (Wildman–Crippen MR) is 84.3 cm³/mol. The Balaban J connectivity index is 2.91. The zero-order chi connectivity index (χ0) is 16.6. The van der Waals surface area contributed by atoms with Crippen molar-refractivity contribution in [2.24, 2.45) is 0 Å². The van der Waals surface area contributed by atoms with Crippen LogP contribution in [0.2, 0.25) is 5.02 Å². The standard InChI is InChI=1S/C14H21ClN2O4S/c1-2-3-4-10-17(11-9-14(18)16-19)22(20,21)13-7-5-12(15)6-8-13/h5-8,19H,2-4,9-11H2,1H3,(H,16,18). The van der Waals surface area contributed by atoms with E-state index in [-0.39, 0.29) is 17.9 Å². The van der Waals surface area contributed by atoms with Gasteiger partial charge in [0.2, 0.25) is 15.9 Å². The minimum atomic E-state index is -3.69. The molecule has 0 aliphatic carbocycles. The first kappa shape index (κ1) is 18.9. The maximum atomic E-state index is 12.6. The normalized spacial score (nSPS) is 11.6. The Morgan fingerprint density at radius 2 is 1.86 bits per heavy atom. The summed E-state index contributed by atoms with van der Waals surface area (Å²) in [5.41, 5.74) is 1.51. The molecule has 0 aromatic heterocycles. The van der Waals surface area contributed by atoms with Crippen LogP contribution in [0.15, 0.2) is 29.2 Å². The molecule has 0 unspecified atom stereocenters. The third-order valence-electron chi connectivity index (χ3n) is 3.18. The molecule has 0 aliphatic rings. The van der Waals surface area contributed by atoms with Crippen molar-refractivity contribution in [3.05, 3.63) is 29.3 Å². The Kier molecular flexibility index (Phi) is 7.81. The van der Waals surface area contributed by atoms with Gasteiger partial charge in [-0.1, -0.05) is 31.4 Å². The molecule has 0 aliphatic heterocycles. The number of nitrogens with zero attached hydrogens (tertiary/aromatic N) is 1. The quantitative estimate of drug-likeness (QED) is 0.407.